The van der Waals surface area contributed by atoms with E-state index in [1.807, 2.05) is 6.08 Å². The molecular weight excluding hydrogens is 793 g/mol. The molecule has 7 aromatic carbocycles. The Morgan fingerprint density at radius 1 is 0.682 bits per heavy atom. The first-order valence-electron chi connectivity index (χ1n) is 23.0. The lowest BCUT2D eigenvalue weighted by atomic mass is 9.84. The van der Waals surface area contributed by atoms with Gasteiger partial charge in [0.25, 0.3) is 0 Å². The zero-order valence-electron chi connectivity index (χ0n) is 39.2. The van der Waals surface area contributed by atoms with E-state index in [4.69, 9.17) is 6.58 Å². The van der Waals surface area contributed by atoms with Crippen LogP contribution in [0.2, 0.25) is 0 Å². The fraction of sp³-hybridized carbons (Fsp3) is 0.121. The van der Waals surface area contributed by atoms with Crippen LogP contribution in [0, 0.1) is 19.8 Å². The lowest BCUT2D eigenvalue weighted by Gasteiger charge is -2.19. The van der Waals surface area contributed by atoms with Gasteiger partial charge in [0.2, 0.25) is 0 Å². The monoisotopic (exact) mass is 852 g/mol. The summed E-state index contributed by atoms with van der Waals surface area (Å²) in [5.74, 6) is 0. The van der Waals surface area contributed by atoms with E-state index in [0.29, 0.717) is 0 Å². The van der Waals surface area contributed by atoms with Gasteiger partial charge in [-0.2, -0.15) is 0 Å². The molecule has 0 N–H and O–H groups in total. The smallest absolute Gasteiger partial charge is 0.00882 e. The predicted octanol–water partition coefficient (Wildman–Crippen LogP) is 18.1. The highest BCUT2D eigenvalue weighted by molar-refractivity contribution is 6.05. The van der Waals surface area contributed by atoms with Gasteiger partial charge < -0.3 is 0 Å². The van der Waals surface area contributed by atoms with Crippen LogP contribution in [-0.4, -0.2) is 0 Å². The van der Waals surface area contributed by atoms with Crippen LogP contribution in [0.3, 0.4) is 0 Å². The molecule has 0 heterocycles. The number of fused-ring (bicyclic) bond motifs is 4. The average Bonchev–Trinajstić information content (AvgIpc) is 3.37. The van der Waals surface area contributed by atoms with Gasteiger partial charge in [0, 0.05) is 0 Å². The number of terminal acetylenes is 1. The lowest BCUT2D eigenvalue weighted by Crippen LogP contribution is -1.99. The van der Waals surface area contributed by atoms with Gasteiger partial charge in [-0.3, -0.25) is 0 Å². The first-order valence-corrected chi connectivity index (χ1v) is 23.0. The van der Waals surface area contributed by atoms with Crippen LogP contribution in [0.25, 0.3) is 67.6 Å². The molecule has 324 valence electrons. The van der Waals surface area contributed by atoms with Crippen molar-refractivity contribution in [2.75, 3.05) is 0 Å². The molecule has 0 nitrogen and oxygen atoms in total. The van der Waals surface area contributed by atoms with Gasteiger partial charge in [0.1, 0.15) is 0 Å². The van der Waals surface area contributed by atoms with E-state index < -0.39 is 0 Å². The van der Waals surface area contributed by atoms with Gasteiger partial charge in [0.15, 0.2) is 0 Å². The first-order chi connectivity index (χ1) is 32.3. The summed E-state index contributed by atoms with van der Waals surface area (Å²) in [6.45, 7) is 19.7. The topological polar surface area (TPSA) is 0 Å². The molecule has 7 aromatic rings. The van der Waals surface area contributed by atoms with Crippen LogP contribution in [0.15, 0.2) is 206 Å². The van der Waals surface area contributed by atoms with E-state index in [1.54, 1.807) is 0 Å². The molecule has 1 aliphatic rings. The van der Waals surface area contributed by atoms with E-state index in [9.17, 15) is 0 Å². The third-order valence-corrected chi connectivity index (χ3v) is 12.6. The van der Waals surface area contributed by atoms with Crippen molar-refractivity contribution in [2.45, 2.75) is 53.9 Å². The Morgan fingerprint density at radius 2 is 1.38 bits per heavy atom. The second-order valence-electron chi connectivity index (χ2n) is 16.8. The highest BCUT2D eigenvalue weighted by Gasteiger charge is 2.18. The number of hydrogen-bond acceptors (Lipinski definition) is 0. The molecule has 0 bridgehead atoms. The summed E-state index contributed by atoms with van der Waals surface area (Å²) in [5, 5.41) is 4.94. The molecule has 0 amide bonds. The minimum absolute atomic E-state index is 0.805. The number of benzene rings is 7. The zero-order valence-corrected chi connectivity index (χ0v) is 39.2. The summed E-state index contributed by atoms with van der Waals surface area (Å²) in [5.41, 5.74) is 20.5. The SMILES string of the molecule is C#C.C=Cc1c(/C=C\C)cc(C(=C)/C=C(/c2ccc(C/C=C(\C=C(/C)c3ccccc3)C(/C=C\C)=C/C)cc2)c2cc(-c3cc4c(c5ccccc35)C=CCC4)ccc2C)c2ccccc12. The lowest BCUT2D eigenvalue weighted by molar-refractivity contribution is 0.990. The molecule has 0 aliphatic heterocycles. The van der Waals surface area contributed by atoms with E-state index in [-0.39, 0.29) is 0 Å². The Kier molecular flexibility index (Phi) is 15.3. The Labute approximate surface area is 394 Å². The van der Waals surface area contributed by atoms with Crippen molar-refractivity contribution in [3.63, 3.8) is 0 Å². The van der Waals surface area contributed by atoms with Crippen LogP contribution in [0.5, 0.6) is 0 Å². The molecule has 0 radical (unpaired) electrons. The highest BCUT2D eigenvalue weighted by Crippen LogP contribution is 2.40. The molecule has 0 heteroatoms. The fourth-order valence-corrected chi connectivity index (χ4v) is 9.28. The van der Waals surface area contributed by atoms with Crippen molar-refractivity contribution in [1.82, 2.24) is 0 Å². The number of aryl methyl sites for hydroxylation is 2. The van der Waals surface area contributed by atoms with Crippen LogP contribution < -0.4 is 0 Å². The van der Waals surface area contributed by atoms with E-state index in [2.05, 4.69) is 248 Å². The maximum absolute atomic E-state index is 4.82. The molecular formula is C66H60. The molecule has 0 unspecified atom stereocenters. The van der Waals surface area contributed by atoms with E-state index >= 15 is 0 Å². The molecule has 66 heavy (non-hydrogen) atoms. The Hall–Kier alpha value is -7.72. The number of rotatable bonds is 13. The third-order valence-electron chi connectivity index (χ3n) is 12.6. The zero-order chi connectivity index (χ0) is 46.6. The largest absolute Gasteiger partial charge is 0.124 e. The van der Waals surface area contributed by atoms with Gasteiger partial charge in [-0.25, -0.2) is 0 Å². The van der Waals surface area contributed by atoms with Gasteiger partial charge in [-0.15, -0.1) is 12.8 Å². The van der Waals surface area contributed by atoms with Crippen molar-refractivity contribution in [3.8, 4) is 24.0 Å². The second-order valence-corrected chi connectivity index (χ2v) is 16.8. The standard InChI is InChI=1S/C64H58.C2H2/c1-8-21-48(10-3)51(39-45(6)49-23-13-12-14-24-49)38-34-47-32-36-50(37-33-47)63(40-46(7)62-41-52(22-9-2)55(11-4)57-27-17-19-29-59(57)62)61-42-54(35-31-44(61)5)64-43-53-25-15-16-26-56(53)58-28-18-20-30-60(58)64;1-2/h8-14,16-24,26-33,35-43H,4,7,15,25,34H2,1-3,5-6H3;1-2H/b21-8-,22-9-,45-39+,48-10+,51-38+,63-40-;. The van der Waals surface area contributed by atoms with Crippen LogP contribution in [0.1, 0.15) is 89.8 Å². The quantitative estimate of drug-likeness (QED) is 0.0801. The minimum Gasteiger partial charge on any atom is -0.124 e. The fourth-order valence-electron chi connectivity index (χ4n) is 9.28. The number of hydrogen-bond donors (Lipinski definition) is 0. The summed E-state index contributed by atoms with van der Waals surface area (Å²) in [4.78, 5) is 0. The summed E-state index contributed by atoms with van der Waals surface area (Å²) < 4.78 is 0. The van der Waals surface area contributed by atoms with Gasteiger partial charge in [0.05, 0.1) is 0 Å². The number of allylic oxidation sites excluding steroid dienone is 12. The maximum atomic E-state index is 4.82. The molecule has 0 atom stereocenters. The van der Waals surface area contributed by atoms with E-state index in [0.717, 1.165) is 52.7 Å². The molecule has 1 aliphatic carbocycles. The molecule has 0 spiro atoms. The van der Waals surface area contributed by atoms with Crippen molar-refractivity contribution < 1.29 is 0 Å². The van der Waals surface area contributed by atoms with Gasteiger partial charge in [-0.05, 0) is 194 Å². The van der Waals surface area contributed by atoms with Crippen LogP contribution in [-0.2, 0) is 12.8 Å². The molecule has 8 rings (SSSR count). The third kappa shape index (κ3) is 9.98. The van der Waals surface area contributed by atoms with Gasteiger partial charge in [-0.1, -0.05) is 189 Å². The van der Waals surface area contributed by atoms with Crippen molar-refractivity contribution in [2.24, 2.45) is 0 Å². The second kappa shape index (κ2) is 21.8. The summed E-state index contributed by atoms with van der Waals surface area (Å²) in [6.07, 6.45) is 35.3. The molecule has 0 saturated heterocycles. The van der Waals surface area contributed by atoms with Crippen LogP contribution in [0.4, 0.5) is 0 Å². The summed E-state index contributed by atoms with van der Waals surface area (Å²) in [6, 6.07) is 49.1. The molecule has 0 saturated carbocycles. The Morgan fingerprint density at radius 3 is 2.08 bits per heavy atom. The molecule has 0 aromatic heterocycles. The van der Waals surface area contributed by atoms with Crippen molar-refractivity contribution in [1.29, 1.82) is 0 Å². The summed E-state index contributed by atoms with van der Waals surface area (Å²) >= 11 is 0. The van der Waals surface area contributed by atoms with Crippen molar-refractivity contribution >= 4 is 56.5 Å². The highest BCUT2D eigenvalue weighted by atomic mass is 14.2. The maximum Gasteiger partial charge on any atom is -0.00882 e. The summed E-state index contributed by atoms with van der Waals surface area (Å²) in [7, 11) is 0. The van der Waals surface area contributed by atoms with E-state index in [1.165, 1.54) is 82.8 Å². The molecule has 0 fully saturated rings. The van der Waals surface area contributed by atoms with Gasteiger partial charge >= 0.3 is 0 Å². The van der Waals surface area contributed by atoms with Crippen LogP contribution >= 0.6 is 0 Å². The average molecular weight is 853 g/mol. The van der Waals surface area contributed by atoms with Crippen molar-refractivity contribution in [3.05, 3.63) is 262 Å². The predicted molar refractivity (Wildman–Crippen MR) is 293 cm³/mol. The Bertz CT molecular complexity index is 3160. The minimum atomic E-state index is 0.805. The normalized spacial score (nSPS) is 13.3. The Balaban J connectivity index is 0.00000320. The first kappa shape index (κ1) is 46.3.